The molecule has 0 saturated carbocycles. The minimum absolute atomic E-state index is 0.480. The molecule has 3 aromatic rings. The smallest absolute Gasteiger partial charge is 0.210 e. The lowest BCUT2D eigenvalue weighted by Gasteiger charge is -2.05. The molecule has 3 rings (SSSR count). The molecule has 0 fully saturated rings. The van der Waals surface area contributed by atoms with E-state index in [0.29, 0.717) is 32.3 Å². The van der Waals surface area contributed by atoms with Crippen molar-refractivity contribution in [1.29, 1.82) is 0 Å². The maximum atomic E-state index is 6.18. The molecule has 0 aliphatic heterocycles. The Labute approximate surface area is 141 Å². The number of nitrogens with two attached hydrogens (primary N) is 1. The van der Waals surface area contributed by atoms with Gasteiger partial charge in [0.25, 0.3) is 0 Å². The fourth-order valence-electron chi connectivity index (χ4n) is 1.85. The predicted molar refractivity (Wildman–Crippen MR) is 89.4 cm³/mol. The topological polar surface area (TPSA) is 69.6 Å². The van der Waals surface area contributed by atoms with Gasteiger partial charge in [0.1, 0.15) is 0 Å². The molecule has 0 aliphatic carbocycles. The number of thioether (sulfide) groups is 1. The molecule has 2 heterocycles. The largest absolute Gasteiger partial charge is 0.335 e. The van der Waals surface area contributed by atoms with E-state index < -0.39 is 0 Å². The highest BCUT2D eigenvalue weighted by molar-refractivity contribution is 7.98. The summed E-state index contributed by atoms with van der Waals surface area (Å²) in [4.78, 5) is 4.26. The number of hydrogen-bond donors (Lipinski definition) is 1. The van der Waals surface area contributed by atoms with Crippen molar-refractivity contribution in [2.75, 3.05) is 5.84 Å². The number of nitrogens with zero attached hydrogens (tertiary/aromatic N) is 4. The van der Waals surface area contributed by atoms with Gasteiger partial charge in [-0.25, -0.2) is 4.68 Å². The average molecular weight is 352 g/mol. The second-order valence-electron chi connectivity index (χ2n) is 4.41. The summed E-state index contributed by atoms with van der Waals surface area (Å²) in [5.41, 5.74) is 1.63. The Morgan fingerprint density at radius 2 is 2.00 bits per heavy atom. The highest BCUT2D eigenvalue weighted by Crippen LogP contribution is 2.30. The molecular formula is C14H11Cl2N5S. The molecule has 0 radical (unpaired) electrons. The third-order valence-corrected chi connectivity index (χ3v) is 4.44. The summed E-state index contributed by atoms with van der Waals surface area (Å²) < 4.78 is 1.42. The fraction of sp³-hybridized carbons (Fsp3) is 0.0714. The van der Waals surface area contributed by atoms with Gasteiger partial charge >= 0.3 is 0 Å². The zero-order chi connectivity index (χ0) is 15.5. The van der Waals surface area contributed by atoms with Crippen molar-refractivity contribution >= 4 is 35.0 Å². The Kier molecular flexibility index (Phi) is 4.52. The Balaban J connectivity index is 1.83. The second kappa shape index (κ2) is 6.56. The van der Waals surface area contributed by atoms with Gasteiger partial charge in [0.05, 0.1) is 10.7 Å². The summed E-state index contributed by atoms with van der Waals surface area (Å²) in [7, 11) is 0. The van der Waals surface area contributed by atoms with Crippen molar-refractivity contribution in [1.82, 2.24) is 19.9 Å². The van der Waals surface area contributed by atoms with E-state index in [2.05, 4.69) is 15.2 Å². The van der Waals surface area contributed by atoms with E-state index >= 15 is 0 Å². The van der Waals surface area contributed by atoms with Crippen molar-refractivity contribution in [2.45, 2.75) is 10.9 Å². The number of aromatic nitrogens is 4. The molecule has 1 aromatic carbocycles. The lowest BCUT2D eigenvalue weighted by molar-refractivity contribution is 0.849. The first-order valence-electron chi connectivity index (χ1n) is 6.34. The quantitative estimate of drug-likeness (QED) is 0.573. The monoisotopic (exact) mass is 351 g/mol. The standard InChI is InChI=1S/C14H11Cl2N5S/c15-9-4-5-11(12(16)7-9)13-19-20-14(21(13)17)22-8-10-3-1-2-6-18-10/h1-7H,8,17H2. The zero-order valence-electron chi connectivity index (χ0n) is 11.3. The van der Waals surface area contributed by atoms with E-state index in [1.807, 2.05) is 18.2 Å². The number of nitrogen functional groups attached to an aromatic ring is 1. The van der Waals surface area contributed by atoms with Crippen molar-refractivity contribution in [2.24, 2.45) is 0 Å². The Bertz CT molecular complexity index is 791. The van der Waals surface area contributed by atoms with E-state index in [-0.39, 0.29) is 0 Å². The number of benzene rings is 1. The molecule has 0 aliphatic rings. The van der Waals surface area contributed by atoms with E-state index in [1.165, 1.54) is 16.4 Å². The van der Waals surface area contributed by atoms with Gasteiger partial charge in [-0.2, -0.15) is 0 Å². The van der Waals surface area contributed by atoms with Crippen LogP contribution in [0.4, 0.5) is 0 Å². The molecular weight excluding hydrogens is 341 g/mol. The van der Waals surface area contributed by atoms with Crippen LogP contribution in [0.2, 0.25) is 10.0 Å². The summed E-state index contributed by atoms with van der Waals surface area (Å²) in [5, 5.41) is 9.84. The van der Waals surface area contributed by atoms with Gasteiger partial charge in [-0.3, -0.25) is 4.98 Å². The van der Waals surface area contributed by atoms with Crippen LogP contribution in [0, 0.1) is 0 Å². The third kappa shape index (κ3) is 3.19. The van der Waals surface area contributed by atoms with Crippen LogP contribution in [0.1, 0.15) is 5.69 Å². The van der Waals surface area contributed by atoms with E-state index in [9.17, 15) is 0 Å². The molecule has 112 valence electrons. The zero-order valence-corrected chi connectivity index (χ0v) is 13.6. The molecule has 0 amide bonds. The molecule has 0 bridgehead atoms. The summed E-state index contributed by atoms with van der Waals surface area (Å²) >= 11 is 13.5. The minimum atomic E-state index is 0.480. The van der Waals surface area contributed by atoms with Crippen LogP contribution in [0.3, 0.4) is 0 Å². The predicted octanol–water partition coefficient (Wildman–Crippen LogP) is 3.65. The number of rotatable bonds is 4. The van der Waals surface area contributed by atoms with Gasteiger partial charge in [0.2, 0.25) is 5.16 Å². The van der Waals surface area contributed by atoms with Gasteiger partial charge in [0.15, 0.2) is 5.82 Å². The molecule has 5 nitrogen and oxygen atoms in total. The SMILES string of the molecule is Nn1c(SCc2ccccn2)nnc1-c1ccc(Cl)cc1Cl. The number of hydrogen-bond acceptors (Lipinski definition) is 5. The molecule has 8 heteroatoms. The van der Waals surface area contributed by atoms with E-state index in [1.54, 1.807) is 24.4 Å². The lowest BCUT2D eigenvalue weighted by atomic mass is 10.2. The van der Waals surface area contributed by atoms with Crippen LogP contribution in [-0.2, 0) is 5.75 Å². The van der Waals surface area contributed by atoms with Gasteiger partial charge in [-0.15, -0.1) is 10.2 Å². The summed E-state index contributed by atoms with van der Waals surface area (Å²) in [6.07, 6.45) is 1.75. The molecule has 0 atom stereocenters. The first-order chi connectivity index (χ1) is 10.6. The van der Waals surface area contributed by atoms with Crippen molar-refractivity contribution in [3.8, 4) is 11.4 Å². The minimum Gasteiger partial charge on any atom is -0.335 e. The maximum Gasteiger partial charge on any atom is 0.210 e. The van der Waals surface area contributed by atoms with Crippen LogP contribution < -0.4 is 5.84 Å². The van der Waals surface area contributed by atoms with Gasteiger partial charge < -0.3 is 5.84 Å². The van der Waals surface area contributed by atoms with Crippen LogP contribution in [0.25, 0.3) is 11.4 Å². The van der Waals surface area contributed by atoms with Crippen molar-refractivity contribution in [3.63, 3.8) is 0 Å². The van der Waals surface area contributed by atoms with Crippen LogP contribution in [0.15, 0.2) is 47.8 Å². The average Bonchev–Trinajstić information content (AvgIpc) is 2.87. The Morgan fingerprint density at radius 3 is 2.73 bits per heavy atom. The maximum absolute atomic E-state index is 6.18. The molecule has 0 unspecified atom stereocenters. The summed E-state index contributed by atoms with van der Waals surface area (Å²) in [6.45, 7) is 0. The van der Waals surface area contributed by atoms with Gasteiger partial charge in [-0.1, -0.05) is 41.0 Å². The van der Waals surface area contributed by atoms with Gasteiger partial charge in [-0.05, 0) is 30.3 Å². The van der Waals surface area contributed by atoms with Crippen molar-refractivity contribution < 1.29 is 0 Å². The molecule has 0 spiro atoms. The van der Waals surface area contributed by atoms with Crippen LogP contribution in [0.5, 0.6) is 0 Å². The number of halogens is 2. The van der Waals surface area contributed by atoms with Crippen molar-refractivity contribution in [3.05, 3.63) is 58.3 Å². The Hall–Kier alpha value is -1.76. The van der Waals surface area contributed by atoms with Crippen LogP contribution in [-0.4, -0.2) is 19.9 Å². The van der Waals surface area contributed by atoms with E-state index in [4.69, 9.17) is 29.0 Å². The molecule has 2 aromatic heterocycles. The molecule has 2 N–H and O–H groups in total. The molecule has 22 heavy (non-hydrogen) atoms. The highest BCUT2D eigenvalue weighted by atomic mass is 35.5. The first kappa shape index (κ1) is 15.1. The second-order valence-corrected chi connectivity index (χ2v) is 6.20. The summed E-state index contributed by atoms with van der Waals surface area (Å²) in [5.74, 6) is 7.21. The fourth-order valence-corrected chi connectivity index (χ4v) is 3.12. The summed E-state index contributed by atoms with van der Waals surface area (Å²) in [6, 6.07) is 10.9. The normalized spacial score (nSPS) is 10.8. The number of pyridine rings is 1. The highest BCUT2D eigenvalue weighted by Gasteiger charge is 2.15. The lowest BCUT2D eigenvalue weighted by Crippen LogP contribution is -2.11. The molecule has 0 saturated heterocycles. The van der Waals surface area contributed by atoms with Gasteiger partial charge in [0, 0.05) is 22.5 Å². The Morgan fingerprint density at radius 1 is 1.14 bits per heavy atom. The van der Waals surface area contributed by atoms with E-state index in [0.717, 1.165) is 5.69 Å². The van der Waals surface area contributed by atoms with Crippen LogP contribution >= 0.6 is 35.0 Å². The third-order valence-electron chi connectivity index (χ3n) is 2.91. The first-order valence-corrected chi connectivity index (χ1v) is 8.08.